The Bertz CT molecular complexity index is 1010. The summed E-state index contributed by atoms with van der Waals surface area (Å²) in [5, 5.41) is 13.0. The van der Waals surface area contributed by atoms with Crippen molar-refractivity contribution in [2.45, 2.75) is 0 Å². The van der Waals surface area contributed by atoms with Gasteiger partial charge < -0.3 is 14.9 Å². The predicted molar refractivity (Wildman–Crippen MR) is 79.3 cm³/mol. The average molecular weight is 313 g/mol. The molecule has 0 bridgehead atoms. The van der Waals surface area contributed by atoms with Crippen LogP contribution >= 0.6 is 11.3 Å². The fourth-order valence-electron chi connectivity index (χ4n) is 2.11. The summed E-state index contributed by atoms with van der Waals surface area (Å²) in [7, 11) is 0. The van der Waals surface area contributed by atoms with E-state index in [2.05, 4.69) is 15.0 Å². The largest absolute Gasteiger partial charge is 0.432 e. The van der Waals surface area contributed by atoms with Crippen molar-refractivity contribution < 1.29 is 9.66 Å². The molecule has 0 aliphatic heterocycles. The third kappa shape index (κ3) is 1.95. The average Bonchev–Trinajstić information content (AvgIpc) is 3.07. The highest BCUT2D eigenvalue weighted by Gasteiger charge is 2.25. The van der Waals surface area contributed by atoms with E-state index in [9.17, 15) is 10.1 Å². The number of nitrogens with zero attached hydrogens (tertiary/aromatic N) is 5. The molecule has 3 aromatic heterocycles. The number of rotatable bonds is 3. The zero-order chi connectivity index (χ0) is 15.1. The minimum atomic E-state index is -0.511. The van der Waals surface area contributed by atoms with E-state index in [1.807, 2.05) is 0 Å². The molecule has 8 nitrogen and oxygen atoms in total. The molecule has 22 heavy (non-hydrogen) atoms. The Morgan fingerprint density at radius 1 is 1.23 bits per heavy atom. The molecule has 0 saturated carbocycles. The van der Waals surface area contributed by atoms with Gasteiger partial charge in [0.15, 0.2) is 0 Å². The SMILES string of the molecule is O=[N+]([O-])c1c(Oc2ccc3nccnc3c2)nc2sccn12. The molecule has 0 unspecified atom stereocenters. The first kappa shape index (κ1) is 12.7. The van der Waals surface area contributed by atoms with E-state index < -0.39 is 4.92 Å². The van der Waals surface area contributed by atoms with Gasteiger partial charge in [0.25, 0.3) is 4.96 Å². The second kappa shape index (κ2) is 4.74. The molecular formula is C13H7N5O3S. The van der Waals surface area contributed by atoms with Crippen LogP contribution in [0.15, 0.2) is 42.2 Å². The van der Waals surface area contributed by atoms with E-state index in [0.717, 1.165) is 5.52 Å². The highest BCUT2D eigenvalue weighted by atomic mass is 32.1. The van der Waals surface area contributed by atoms with Crippen LogP contribution in [0.1, 0.15) is 0 Å². The molecule has 0 aliphatic carbocycles. The minimum Gasteiger partial charge on any atom is -0.432 e. The van der Waals surface area contributed by atoms with Gasteiger partial charge in [-0.3, -0.25) is 9.97 Å². The summed E-state index contributed by atoms with van der Waals surface area (Å²) in [6.07, 6.45) is 4.75. The van der Waals surface area contributed by atoms with Crippen molar-refractivity contribution in [1.82, 2.24) is 19.4 Å². The molecule has 3 heterocycles. The van der Waals surface area contributed by atoms with Crippen LogP contribution in [0.3, 0.4) is 0 Å². The first-order valence-electron chi connectivity index (χ1n) is 6.21. The molecule has 0 atom stereocenters. The van der Waals surface area contributed by atoms with Crippen LogP contribution in [0.5, 0.6) is 11.6 Å². The highest BCUT2D eigenvalue weighted by molar-refractivity contribution is 7.15. The topological polar surface area (TPSA) is 95.5 Å². The molecule has 0 N–H and O–H groups in total. The summed E-state index contributed by atoms with van der Waals surface area (Å²) in [5.74, 6) is 0.178. The molecular weight excluding hydrogens is 306 g/mol. The quantitative estimate of drug-likeness (QED) is 0.426. The molecule has 0 aliphatic rings. The Kier molecular flexibility index (Phi) is 2.73. The standard InChI is InChI=1S/C13H7N5O3S/c19-18(20)12-11(16-13-17(12)5-6-22-13)21-8-1-2-9-10(7-8)15-4-3-14-9/h1-7H. The number of benzene rings is 1. The minimum absolute atomic E-state index is 0.0416. The Morgan fingerprint density at radius 3 is 2.86 bits per heavy atom. The van der Waals surface area contributed by atoms with Crippen molar-refractivity contribution in [1.29, 1.82) is 0 Å². The molecule has 0 saturated heterocycles. The van der Waals surface area contributed by atoms with E-state index in [0.29, 0.717) is 16.2 Å². The fraction of sp³-hybridized carbons (Fsp3) is 0. The van der Waals surface area contributed by atoms with Crippen LogP contribution < -0.4 is 4.74 Å². The number of imidazole rings is 1. The first-order valence-corrected chi connectivity index (χ1v) is 7.09. The monoisotopic (exact) mass is 313 g/mol. The van der Waals surface area contributed by atoms with Gasteiger partial charge in [0.1, 0.15) is 11.9 Å². The lowest BCUT2D eigenvalue weighted by atomic mass is 10.3. The van der Waals surface area contributed by atoms with E-state index in [1.165, 1.54) is 15.7 Å². The predicted octanol–water partition coefficient (Wildman–Crippen LogP) is 3.04. The first-order chi connectivity index (χ1) is 10.7. The molecule has 0 amide bonds. The van der Waals surface area contributed by atoms with Crippen molar-refractivity contribution >= 4 is 33.1 Å². The molecule has 0 fully saturated rings. The maximum Gasteiger partial charge on any atom is 0.393 e. The number of fused-ring (bicyclic) bond motifs is 2. The van der Waals surface area contributed by atoms with Crippen LogP contribution in [0.25, 0.3) is 16.0 Å². The molecule has 4 rings (SSSR count). The number of ether oxygens (including phenoxy) is 1. The normalized spacial score (nSPS) is 11.1. The summed E-state index contributed by atoms with van der Waals surface area (Å²) in [6, 6.07) is 5.08. The van der Waals surface area contributed by atoms with Gasteiger partial charge in [0, 0.05) is 23.8 Å². The molecule has 0 spiro atoms. The third-order valence-electron chi connectivity index (χ3n) is 3.03. The van der Waals surface area contributed by atoms with Crippen LogP contribution in [0.2, 0.25) is 0 Å². The maximum absolute atomic E-state index is 11.2. The summed E-state index contributed by atoms with van der Waals surface area (Å²) < 4.78 is 6.98. The Labute approximate surface area is 126 Å². The number of thiazole rings is 1. The number of aromatic nitrogens is 4. The summed E-state index contributed by atoms with van der Waals surface area (Å²) in [6.45, 7) is 0. The van der Waals surface area contributed by atoms with Gasteiger partial charge in [-0.05, 0) is 17.1 Å². The van der Waals surface area contributed by atoms with Gasteiger partial charge in [-0.15, -0.1) is 0 Å². The van der Waals surface area contributed by atoms with Crippen molar-refractivity contribution in [3.05, 3.63) is 52.3 Å². The molecule has 4 aromatic rings. The Hall–Kier alpha value is -3.07. The van der Waals surface area contributed by atoms with Gasteiger partial charge in [0.05, 0.1) is 11.0 Å². The van der Waals surface area contributed by atoms with Crippen LogP contribution in [0, 0.1) is 10.1 Å². The lowest BCUT2D eigenvalue weighted by molar-refractivity contribution is -0.391. The van der Waals surface area contributed by atoms with Gasteiger partial charge in [-0.25, -0.2) is 0 Å². The van der Waals surface area contributed by atoms with Crippen molar-refractivity contribution in [2.75, 3.05) is 0 Å². The van der Waals surface area contributed by atoms with Gasteiger partial charge >= 0.3 is 11.7 Å². The van der Waals surface area contributed by atoms with Crippen LogP contribution in [-0.2, 0) is 0 Å². The van der Waals surface area contributed by atoms with Crippen LogP contribution in [-0.4, -0.2) is 24.3 Å². The zero-order valence-corrected chi connectivity index (χ0v) is 11.7. The van der Waals surface area contributed by atoms with Gasteiger partial charge in [-0.2, -0.15) is 9.38 Å². The van der Waals surface area contributed by atoms with Crippen molar-refractivity contribution in [2.24, 2.45) is 0 Å². The van der Waals surface area contributed by atoms with Gasteiger partial charge in [0.2, 0.25) is 0 Å². The lowest BCUT2D eigenvalue weighted by Crippen LogP contribution is -1.95. The second-order valence-electron chi connectivity index (χ2n) is 4.36. The van der Waals surface area contributed by atoms with E-state index in [1.54, 1.807) is 42.2 Å². The van der Waals surface area contributed by atoms with E-state index in [-0.39, 0.29) is 11.7 Å². The molecule has 108 valence electrons. The van der Waals surface area contributed by atoms with E-state index >= 15 is 0 Å². The summed E-state index contributed by atoms with van der Waals surface area (Å²) in [5.41, 5.74) is 1.36. The number of hydrogen-bond acceptors (Lipinski definition) is 7. The number of hydrogen-bond donors (Lipinski definition) is 0. The van der Waals surface area contributed by atoms with E-state index in [4.69, 9.17) is 4.74 Å². The third-order valence-corrected chi connectivity index (χ3v) is 3.79. The zero-order valence-electron chi connectivity index (χ0n) is 10.9. The lowest BCUT2D eigenvalue weighted by Gasteiger charge is -2.03. The number of nitro groups is 1. The van der Waals surface area contributed by atoms with Crippen LogP contribution in [0.4, 0.5) is 5.82 Å². The highest BCUT2D eigenvalue weighted by Crippen LogP contribution is 2.33. The molecule has 1 aromatic carbocycles. The van der Waals surface area contributed by atoms with Crippen molar-refractivity contribution in [3.63, 3.8) is 0 Å². The summed E-state index contributed by atoms with van der Waals surface area (Å²) >= 11 is 1.30. The van der Waals surface area contributed by atoms with Crippen molar-refractivity contribution in [3.8, 4) is 11.6 Å². The second-order valence-corrected chi connectivity index (χ2v) is 5.24. The van der Waals surface area contributed by atoms with Gasteiger partial charge in [-0.1, -0.05) is 11.3 Å². The molecule has 0 radical (unpaired) electrons. The fourth-order valence-corrected chi connectivity index (χ4v) is 2.81. The summed E-state index contributed by atoms with van der Waals surface area (Å²) in [4.78, 5) is 23.7. The maximum atomic E-state index is 11.2. The Balaban J connectivity index is 1.80. The smallest absolute Gasteiger partial charge is 0.393 e. The Morgan fingerprint density at radius 2 is 2.05 bits per heavy atom. The molecule has 9 heteroatoms.